The van der Waals surface area contributed by atoms with E-state index < -0.39 is 17.8 Å². The zero-order valence-electron chi connectivity index (χ0n) is 19.3. The van der Waals surface area contributed by atoms with Crippen LogP contribution in [-0.2, 0) is 4.79 Å². The third-order valence-electron chi connectivity index (χ3n) is 4.90. The summed E-state index contributed by atoms with van der Waals surface area (Å²) >= 11 is 7.48. The molecular formula is C28H20ClN3O4S. The third-order valence-corrected chi connectivity index (χ3v) is 6.05. The first-order chi connectivity index (χ1) is 18.0. The van der Waals surface area contributed by atoms with E-state index in [0.29, 0.717) is 16.1 Å². The van der Waals surface area contributed by atoms with Crippen molar-refractivity contribution in [3.8, 4) is 5.75 Å². The van der Waals surface area contributed by atoms with Gasteiger partial charge in [-0.1, -0.05) is 60.1 Å². The van der Waals surface area contributed by atoms with Crippen molar-refractivity contribution < 1.29 is 19.1 Å². The maximum absolute atomic E-state index is 12.8. The van der Waals surface area contributed by atoms with Crippen molar-refractivity contribution >= 4 is 53.0 Å². The molecule has 2 N–H and O–H groups in total. The van der Waals surface area contributed by atoms with Gasteiger partial charge in [0.15, 0.2) is 0 Å². The maximum atomic E-state index is 12.8. The Bertz CT molecular complexity index is 1470. The lowest BCUT2D eigenvalue weighted by molar-refractivity contribution is -0.117. The molecule has 0 fully saturated rings. The van der Waals surface area contributed by atoms with Gasteiger partial charge >= 0.3 is 5.97 Å². The summed E-state index contributed by atoms with van der Waals surface area (Å²) in [5.41, 5.74) is 3.69. The van der Waals surface area contributed by atoms with Gasteiger partial charge in [-0.25, -0.2) is 10.2 Å². The molecule has 4 aromatic rings. The highest BCUT2D eigenvalue weighted by Gasteiger charge is 2.15. The molecule has 184 valence electrons. The van der Waals surface area contributed by atoms with E-state index in [9.17, 15) is 14.4 Å². The molecule has 37 heavy (non-hydrogen) atoms. The molecule has 0 spiro atoms. The number of rotatable bonds is 8. The fourth-order valence-electron chi connectivity index (χ4n) is 3.13. The zero-order valence-corrected chi connectivity index (χ0v) is 20.8. The van der Waals surface area contributed by atoms with Gasteiger partial charge in [0.05, 0.1) is 16.8 Å². The van der Waals surface area contributed by atoms with Gasteiger partial charge in [0.25, 0.3) is 11.8 Å². The Kier molecular flexibility index (Phi) is 8.59. The van der Waals surface area contributed by atoms with Crippen molar-refractivity contribution in [2.75, 3.05) is 0 Å². The molecule has 2 amide bonds. The minimum Gasteiger partial charge on any atom is -0.423 e. The number of nitrogens with one attached hydrogen (secondary N) is 2. The normalized spacial score (nSPS) is 11.2. The molecule has 1 aromatic heterocycles. The number of hydrazone groups is 1. The lowest BCUT2D eigenvalue weighted by Crippen LogP contribution is -2.32. The second-order valence-electron chi connectivity index (χ2n) is 7.53. The van der Waals surface area contributed by atoms with E-state index in [0.717, 1.165) is 4.88 Å². The van der Waals surface area contributed by atoms with Gasteiger partial charge in [-0.05, 0) is 59.5 Å². The number of hydrogen-bond donors (Lipinski definition) is 2. The van der Waals surface area contributed by atoms with Crippen LogP contribution in [0.1, 0.15) is 31.2 Å². The molecule has 9 heteroatoms. The molecule has 0 atom stereocenters. The molecule has 0 bridgehead atoms. The summed E-state index contributed by atoms with van der Waals surface area (Å²) in [6, 6.07) is 25.4. The Morgan fingerprint density at radius 1 is 0.892 bits per heavy atom. The lowest BCUT2D eigenvalue weighted by Gasteiger charge is -2.09. The molecule has 0 aliphatic carbocycles. The highest BCUT2D eigenvalue weighted by atomic mass is 35.5. The molecule has 1 heterocycles. The fourth-order valence-corrected chi connectivity index (χ4v) is 4.00. The molecule has 0 radical (unpaired) electrons. The van der Waals surface area contributed by atoms with Crippen molar-refractivity contribution in [1.29, 1.82) is 0 Å². The van der Waals surface area contributed by atoms with E-state index >= 15 is 0 Å². The average Bonchev–Trinajstić information content (AvgIpc) is 3.42. The minimum absolute atomic E-state index is 0.0378. The molecule has 0 aliphatic rings. The number of hydrogen-bond acceptors (Lipinski definition) is 6. The second kappa shape index (κ2) is 12.4. The van der Waals surface area contributed by atoms with Gasteiger partial charge in [0.2, 0.25) is 0 Å². The van der Waals surface area contributed by atoms with Crippen LogP contribution >= 0.6 is 22.9 Å². The van der Waals surface area contributed by atoms with E-state index in [1.165, 1.54) is 17.6 Å². The number of carbonyl (C=O) groups is 3. The van der Waals surface area contributed by atoms with Crippen LogP contribution in [-0.4, -0.2) is 24.0 Å². The van der Waals surface area contributed by atoms with Crippen molar-refractivity contribution in [3.05, 3.63) is 129 Å². The van der Waals surface area contributed by atoms with Crippen molar-refractivity contribution in [2.45, 2.75) is 0 Å². The predicted molar refractivity (Wildman–Crippen MR) is 145 cm³/mol. The maximum Gasteiger partial charge on any atom is 0.345 e. The third kappa shape index (κ3) is 7.23. The highest BCUT2D eigenvalue weighted by Crippen LogP contribution is 2.19. The van der Waals surface area contributed by atoms with Crippen LogP contribution in [0.2, 0.25) is 5.02 Å². The number of nitrogens with zero attached hydrogens (tertiary/aromatic N) is 1. The zero-order chi connectivity index (χ0) is 26.0. The number of carbonyl (C=O) groups excluding carboxylic acids is 3. The van der Waals surface area contributed by atoms with E-state index in [4.69, 9.17) is 16.3 Å². The monoisotopic (exact) mass is 529 g/mol. The summed E-state index contributed by atoms with van der Waals surface area (Å²) in [6.07, 6.45) is 2.97. The molecule has 4 rings (SSSR count). The van der Waals surface area contributed by atoms with Crippen LogP contribution in [0, 0.1) is 0 Å². The number of esters is 1. The van der Waals surface area contributed by atoms with Gasteiger partial charge < -0.3 is 10.1 Å². The summed E-state index contributed by atoms with van der Waals surface area (Å²) in [5.74, 6) is -1.33. The Labute approximate surface area is 222 Å². The number of halogens is 1. The van der Waals surface area contributed by atoms with Crippen LogP contribution in [0.25, 0.3) is 6.08 Å². The molecule has 7 nitrogen and oxygen atoms in total. The molecule has 3 aromatic carbocycles. The SMILES string of the molecule is O=C(N/N=C\c1cccc(OC(=O)c2ccccc2Cl)c1)/C(=C\c1cccs1)NC(=O)c1ccccc1. The lowest BCUT2D eigenvalue weighted by atomic mass is 10.2. The number of amides is 2. The summed E-state index contributed by atoms with van der Waals surface area (Å²) < 4.78 is 5.40. The smallest absolute Gasteiger partial charge is 0.345 e. The van der Waals surface area contributed by atoms with E-state index in [2.05, 4.69) is 15.8 Å². The van der Waals surface area contributed by atoms with Crippen LogP contribution in [0.5, 0.6) is 5.75 Å². The first kappa shape index (κ1) is 25.6. The second-order valence-corrected chi connectivity index (χ2v) is 8.92. The average molecular weight is 530 g/mol. The molecule has 0 saturated heterocycles. The predicted octanol–water partition coefficient (Wildman–Crippen LogP) is 5.54. The highest BCUT2D eigenvalue weighted by molar-refractivity contribution is 7.10. The van der Waals surface area contributed by atoms with E-state index in [-0.39, 0.29) is 17.0 Å². The van der Waals surface area contributed by atoms with Crippen molar-refractivity contribution in [2.24, 2.45) is 5.10 Å². The van der Waals surface area contributed by atoms with Crippen LogP contribution in [0.4, 0.5) is 0 Å². The largest absolute Gasteiger partial charge is 0.423 e. The van der Waals surface area contributed by atoms with E-state index in [1.807, 2.05) is 17.5 Å². The van der Waals surface area contributed by atoms with Crippen LogP contribution in [0.15, 0.2) is 107 Å². The molecule has 0 unspecified atom stereocenters. The first-order valence-electron chi connectivity index (χ1n) is 11.0. The van der Waals surface area contributed by atoms with Gasteiger partial charge in [-0.15, -0.1) is 11.3 Å². The summed E-state index contributed by atoms with van der Waals surface area (Å²) in [6.45, 7) is 0. The fraction of sp³-hybridized carbons (Fsp3) is 0. The Morgan fingerprint density at radius 2 is 1.68 bits per heavy atom. The Morgan fingerprint density at radius 3 is 2.43 bits per heavy atom. The summed E-state index contributed by atoms with van der Waals surface area (Å²) in [7, 11) is 0. The molecule has 0 saturated carbocycles. The Balaban J connectivity index is 1.43. The van der Waals surface area contributed by atoms with Gasteiger partial charge in [-0.3, -0.25) is 9.59 Å². The number of ether oxygens (including phenoxy) is 1. The van der Waals surface area contributed by atoms with Crippen molar-refractivity contribution in [3.63, 3.8) is 0 Å². The summed E-state index contributed by atoms with van der Waals surface area (Å²) in [4.78, 5) is 38.7. The van der Waals surface area contributed by atoms with Gasteiger partial charge in [0, 0.05) is 10.4 Å². The van der Waals surface area contributed by atoms with Crippen LogP contribution in [0.3, 0.4) is 0 Å². The molecule has 0 aliphatic heterocycles. The minimum atomic E-state index is -0.602. The number of benzene rings is 3. The van der Waals surface area contributed by atoms with Crippen molar-refractivity contribution in [1.82, 2.24) is 10.7 Å². The standard InChI is InChI=1S/C28H20ClN3O4S/c29-24-14-5-4-13-23(24)28(35)36-21-11-6-8-19(16-21)18-30-32-27(34)25(17-22-12-7-15-37-22)31-26(33)20-9-2-1-3-10-20/h1-18H,(H,31,33)(H,32,34)/b25-17+,30-18-. The van der Waals surface area contributed by atoms with E-state index in [1.54, 1.807) is 84.9 Å². The summed E-state index contributed by atoms with van der Waals surface area (Å²) in [5, 5.41) is 8.79. The molecular weight excluding hydrogens is 510 g/mol. The van der Waals surface area contributed by atoms with Gasteiger partial charge in [0.1, 0.15) is 11.4 Å². The van der Waals surface area contributed by atoms with Gasteiger partial charge in [-0.2, -0.15) is 5.10 Å². The first-order valence-corrected chi connectivity index (χ1v) is 12.3. The van der Waals surface area contributed by atoms with Crippen LogP contribution < -0.4 is 15.5 Å². The quantitative estimate of drug-likeness (QED) is 0.103. The Hall–Kier alpha value is -4.53. The number of thiophene rings is 1. The topological polar surface area (TPSA) is 96.9 Å².